The molecule has 0 saturated carbocycles. The Labute approximate surface area is 199 Å². The number of aromatic nitrogens is 2. The molecule has 12 heteroatoms. The molecule has 1 atom stereocenters. The highest BCUT2D eigenvalue weighted by Gasteiger charge is 2.45. The van der Waals surface area contributed by atoms with Crippen LogP contribution in [-0.2, 0) is 16.1 Å². The molecule has 1 aromatic heterocycles. The molecule has 5 rings (SSSR count). The average Bonchev–Trinajstić information content (AvgIpc) is 3.38. The summed E-state index contributed by atoms with van der Waals surface area (Å²) >= 11 is 0. The molecule has 3 N–H and O–H groups in total. The zero-order valence-corrected chi connectivity index (χ0v) is 18.7. The lowest BCUT2D eigenvalue weighted by atomic mass is 9.96. The summed E-state index contributed by atoms with van der Waals surface area (Å²) in [4.78, 5) is 63.5. The minimum Gasteiger partial charge on any atom is -0.369 e. The van der Waals surface area contributed by atoms with Gasteiger partial charge < -0.3 is 10.6 Å². The fraction of sp³-hybridized carbons (Fsp3) is 0.391. The van der Waals surface area contributed by atoms with Crippen molar-refractivity contribution >= 4 is 35.2 Å². The fourth-order valence-electron chi connectivity index (χ4n) is 4.93. The van der Waals surface area contributed by atoms with Crippen molar-refractivity contribution in [2.45, 2.75) is 38.3 Å². The van der Waals surface area contributed by atoms with Crippen LogP contribution in [0.5, 0.6) is 0 Å². The van der Waals surface area contributed by atoms with E-state index in [4.69, 9.17) is 5.73 Å². The van der Waals surface area contributed by atoms with Crippen LogP contribution < -0.4 is 16.0 Å². The predicted octanol–water partition coefficient (Wildman–Crippen LogP) is 0.439. The second-order valence-electron chi connectivity index (χ2n) is 9.04. The van der Waals surface area contributed by atoms with Gasteiger partial charge in [-0.15, -0.1) is 0 Å². The number of halogens is 1. The first kappa shape index (κ1) is 22.7. The van der Waals surface area contributed by atoms with Crippen molar-refractivity contribution in [2.75, 3.05) is 18.0 Å². The van der Waals surface area contributed by atoms with Crippen LogP contribution in [0.25, 0.3) is 0 Å². The molecule has 35 heavy (non-hydrogen) atoms. The Bertz CT molecular complexity index is 1270. The van der Waals surface area contributed by atoms with Crippen LogP contribution in [0.4, 0.5) is 10.1 Å². The van der Waals surface area contributed by atoms with Crippen LogP contribution in [0.3, 0.4) is 0 Å². The standard InChI is InChI=1S/C23H23FN6O5/c24-16-7-14-15(23(35)30(22(14)34)17-1-2-19(31)27-21(17)33)8-18(16)28-5-3-12(4-6-28)10-29-11-13(9-26-29)20(25)32/h7-9,11-12,17H,1-6,10H2,(H2,25,32)(H,27,31,33). The molecule has 0 bridgehead atoms. The van der Waals surface area contributed by atoms with Gasteiger partial charge in [-0.1, -0.05) is 0 Å². The third-order valence-electron chi connectivity index (χ3n) is 6.83. The predicted molar refractivity (Wildman–Crippen MR) is 119 cm³/mol. The van der Waals surface area contributed by atoms with Crippen molar-refractivity contribution < 1.29 is 28.4 Å². The van der Waals surface area contributed by atoms with Gasteiger partial charge in [-0.05, 0) is 37.3 Å². The molecule has 2 aromatic rings. The lowest BCUT2D eigenvalue weighted by Gasteiger charge is -2.34. The first-order valence-corrected chi connectivity index (χ1v) is 11.3. The van der Waals surface area contributed by atoms with E-state index in [0.29, 0.717) is 25.2 Å². The number of amides is 5. The monoisotopic (exact) mass is 482 g/mol. The van der Waals surface area contributed by atoms with Gasteiger partial charge in [0, 0.05) is 32.3 Å². The van der Waals surface area contributed by atoms with Crippen LogP contribution in [0.2, 0.25) is 0 Å². The molecular formula is C23H23FN6O5. The summed E-state index contributed by atoms with van der Waals surface area (Å²) < 4.78 is 16.7. The van der Waals surface area contributed by atoms with Crippen LogP contribution in [-0.4, -0.2) is 63.3 Å². The molecule has 3 aliphatic heterocycles. The molecule has 0 radical (unpaired) electrons. The molecule has 2 saturated heterocycles. The Morgan fingerprint density at radius 1 is 1.09 bits per heavy atom. The number of benzene rings is 1. The summed E-state index contributed by atoms with van der Waals surface area (Å²) in [6.45, 7) is 1.66. The number of piperidine rings is 2. The topological polar surface area (TPSA) is 148 Å². The van der Waals surface area contributed by atoms with E-state index in [0.717, 1.165) is 23.8 Å². The summed E-state index contributed by atoms with van der Waals surface area (Å²) in [7, 11) is 0. The zero-order valence-electron chi connectivity index (χ0n) is 18.7. The molecule has 0 aliphatic carbocycles. The summed E-state index contributed by atoms with van der Waals surface area (Å²) in [5.41, 5.74) is 5.79. The minimum absolute atomic E-state index is 0.0146. The molecule has 11 nitrogen and oxygen atoms in total. The molecule has 1 aromatic carbocycles. The molecule has 4 heterocycles. The maximum Gasteiger partial charge on any atom is 0.262 e. The minimum atomic E-state index is -1.10. The van der Waals surface area contributed by atoms with E-state index in [2.05, 4.69) is 10.4 Å². The van der Waals surface area contributed by atoms with Gasteiger partial charge in [0.2, 0.25) is 11.8 Å². The van der Waals surface area contributed by atoms with Gasteiger partial charge in [-0.3, -0.25) is 38.9 Å². The second kappa shape index (κ2) is 8.60. The summed E-state index contributed by atoms with van der Waals surface area (Å²) in [5.74, 6) is -3.47. The number of primary amides is 1. The third kappa shape index (κ3) is 4.04. The zero-order chi connectivity index (χ0) is 24.9. The SMILES string of the molecule is NC(=O)c1cnn(CC2CCN(c3cc4c(cc3F)C(=O)N(C3CCC(=O)NC3=O)C4=O)CC2)c1. The van der Waals surface area contributed by atoms with Gasteiger partial charge in [0.05, 0.1) is 28.6 Å². The lowest BCUT2D eigenvalue weighted by molar-refractivity contribution is -0.136. The molecular weight excluding hydrogens is 459 g/mol. The normalized spacial score (nSPS) is 20.9. The quantitative estimate of drug-likeness (QED) is 0.588. The Morgan fingerprint density at radius 3 is 2.40 bits per heavy atom. The smallest absolute Gasteiger partial charge is 0.262 e. The van der Waals surface area contributed by atoms with E-state index in [-0.39, 0.29) is 35.6 Å². The van der Waals surface area contributed by atoms with Crippen LogP contribution >= 0.6 is 0 Å². The number of carbonyl (C=O) groups is 5. The molecule has 3 aliphatic rings. The van der Waals surface area contributed by atoms with E-state index in [1.165, 1.54) is 12.3 Å². The van der Waals surface area contributed by atoms with Crippen molar-refractivity contribution in [3.8, 4) is 0 Å². The number of carbonyl (C=O) groups excluding carboxylic acids is 5. The van der Waals surface area contributed by atoms with Crippen molar-refractivity contribution in [3.63, 3.8) is 0 Å². The van der Waals surface area contributed by atoms with E-state index >= 15 is 4.39 Å². The number of nitrogens with two attached hydrogens (primary N) is 1. The van der Waals surface area contributed by atoms with Crippen molar-refractivity contribution in [1.29, 1.82) is 0 Å². The Morgan fingerprint density at radius 2 is 1.77 bits per heavy atom. The Hall–Kier alpha value is -4.09. The van der Waals surface area contributed by atoms with Gasteiger partial charge >= 0.3 is 0 Å². The van der Waals surface area contributed by atoms with Gasteiger partial charge in [0.25, 0.3) is 17.7 Å². The maximum absolute atomic E-state index is 15.0. The highest BCUT2D eigenvalue weighted by atomic mass is 19.1. The highest BCUT2D eigenvalue weighted by Crippen LogP contribution is 2.34. The van der Waals surface area contributed by atoms with Gasteiger partial charge in [-0.2, -0.15) is 5.10 Å². The van der Waals surface area contributed by atoms with Crippen LogP contribution in [0, 0.1) is 11.7 Å². The Balaban J connectivity index is 1.29. The van der Waals surface area contributed by atoms with Gasteiger partial charge in [0.15, 0.2) is 0 Å². The molecule has 1 unspecified atom stereocenters. The average molecular weight is 482 g/mol. The van der Waals surface area contributed by atoms with Crippen LogP contribution in [0.15, 0.2) is 24.5 Å². The first-order valence-electron chi connectivity index (χ1n) is 11.3. The summed E-state index contributed by atoms with van der Waals surface area (Å²) in [6, 6.07) is 1.33. The van der Waals surface area contributed by atoms with Crippen LogP contribution in [0.1, 0.15) is 56.8 Å². The number of fused-ring (bicyclic) bond motifs is 1. The first-order chi connectivity index (χ1) is 16.7. The van der Waals surface area contributed by atoms with Crippen molar-refractivity contribution in [2.24, 2.45) is 11.7 Å². The second-order valence-corrected chi connectivity index (χ2v) is 9.04. The number of nitrogens with zero attached hydrogens (tertiary/aromatic N) is 4. The Kier molecular flexibility index (Phi) is 5.58. The molecule has 0 spiro atoms. The number of rotatable bonds is 5. The lowest BCUT2D eigenvalue weighted by Crippen LogP contribution is -2.54. The number of nitrogens with one attached hydrogen (secondary N) is 1. The number of anilines is 1. The molecule has 182 valence electrons. The van der Waals surface area contributed by atoms with Crippen molar-refractivity contribution in [3.05, 3.63) is 47.0 Å². The largest absolute Gasteiger partial charge is 0.369 e. The van der Waals surface area contributed by atoms with Crippen molar-refractivity contribution in [1.82, 2.24) is 20.0 Å². The van der Waals surface area contributed by atoms with Gasteiger partial charge in [-0.25, -0.2) is 4.39 Å². The summed E-state index contributed by atoms with van der Waals surface area (Å²) in [6.07, 6.45) is 4.55. The van der Waals surface area contributed by atoms with E-state index in [9.17, 15) is 24.0 Å². The fourth-order valence-corrected chi connectivity index (χ4v) is 4.93. The summed E-state index contributed by atoms with van der Waals surface area (Å²) in [5, 5.41) is 6.30. The highest BCUT2D eigenvalue weighted by molar-refractivity contribution is 6.23. The molecule has 5 amide bonds. The van der Waals surface area contributed by atoms with Gasteiger partial charge in [0.1, 0.15) is 11.9 Å². The molecule has 2 fully saturated rings. The number of hydrogen-bond donors (Lipinski definition) is 2. The van der Waals surface area contributed by atoms with E-state index < -0.39 is 41.4 Å². The number of imide groups is 2. The third-order valence-corrected chi connectivity index (χ3v) is 6.83. The number of hydrogen-bond acceptors (Lipinski definition) is 7. The van der Waals surface area contributed by atoms with E-state index in [1.807, 2.05) is 4.90 Å². The van der Waals surface area contributed by atoms with E-state index in [1.54, 1.807) is 10.9 Å². The maximum atomic E-state index is 15.0.